The molecule has 6 unspecified atom stereocenters. The summed E-state index contributed by atoms with van der Waals surface area (Å²) in [5, 5.41) is 3.47. The molecule has 2 aliphatic heterocycles. The number of hydrogen-bond donors (Lipinski definition) is 1. The highest BCUT2D eigenvalue weighted by Gasteiger charge is 2.33. The molecule has 0 aromatic rings. The van der Waals surface area contributed by atoms with Crippen molar-refractivity contribution in [1.29, 1.82) is 0 Å². The summed E-state index contributed by atoms with van der Waals surface area (Å²) in [6, 6.07) is 0. The minimum Gasteiger partial charge on any atom is -0.381 e. The first kappa shape index (κ1) is 17.0. The second-order valence-corrected chi connectivity index (χ2v) is 7.23. The first-order valence-electron chi connectivity index (χ1n) is 9.00. The molecule has 23 heavy (non-hydrogen) atoms. The van der Waals surface area contributed by atoms with Crippen LogP contribution in [-0.2, 0) is 4.74 Å². The van der Waals surface area contributed by atoms with E-state index in [1.165, 1.54) is 0 Å². The summed E-state index contributed by atoms with van der Waals surface area (Å²) in [6.07, 6.45) is 6.06. The summed E-state index contributed by atoms with van der Waals surface area (Å²) in [5.41, 5.74) is 0. The molecular formula is C18H28F2N2O. The van der Waals surface area contributed by atoms with Crippen LogP contribution in [0.25, 0.3) is 0 Å². The molecule has 2 saturated heterocycles. The van der Waals surface area contributed by atoms with E-state index in [-0.39, 0.29) is 30.2 Å². The van der Waals surface area contributed by atoms with Crippen LogP contribution in [0.5, 0.6) is 0 Å². The van der Waals surface area contributed by atoms with Crippen molar-refractivity contribution < 1.29 is 13.5 Å². The largest absolute Gasteiger partial charge is 0.381 e. The maximum Gasteiger partial charge on any atom is 0.107 e. The standard InChI is InChI=1S/C18H28F2N2O/c1-2-12(14-5-16(19)8-17(20)6-14)9-21-18-7-15(10-22-18)13-3-4-23-11-13/h5,9,12-15,17-18,22H,2-4,6-8,10-11H2,1H3. The third-order valence-corrected chi connectivity index (χ3v) is 5.59. The van der Waals surface area contributed by atoms with Gasteiger partial charge >= 0.3 is 0 Å². The number of nitrogens with zero attached hydrogens (tertiary/aromatic N) is 1. The van der Waals surface area contributed by atoms with Gasteiger partial charge in [0.05, 0.1) is 12.0 Å². The lowest BCUT2D eigenvalue weighted by molar-refractivity contribution is 0.174. The van der Waals surface area contributed by atoms with Crippen molar-refractivity contribution in [2.45, 2.75) is 51.4 Å². The highest BCUT2D eigenvalue weighted by Crippen LogP contribution is 2.33. The molecule has 0 bridgehead atoms. The highest BCUT2D eigenvalue weighted by atomic mass is 19.1. The maximum atomic E-state index is 13.6. The fourth-order valence-corrected chi connectivity index (χ4v) is 4.13. The van der Waals surface area contributed by atoms with Crippen LogP contribution in [0.2, 0.25) is 0 Å². The minimum atomic E-state index is -1.05. The maximum absolute atomic E-state index is 13.6. The summed E-state index contributed by atoms with van der Waals surface area (Å²) in [5.74, 6) is 1.05. The molecule has 1 N–H and O–H groups in total. The lowest BCUT2D eigenvalue weighted by Crippen LogP contribution is -2.24. The summed E-state index contributed by atoms with van der Waals surface area (Å²) in [4.78, 5) is 4.69. The minimum absolute atomic E-state index is 0.0562. The lowest BCUT2D eigenvalue weighted by atomic mass is 9.82. The van der Waals surface area contributed by atoms with Crippen molar-refractivity contribution in [1.82, 2.24) is 5.32 Å². The predicted molar refractivity (Wildman–Crippen MR) is 87.9 cm³/mol. The van der Waals surface area contributed by atoms with E-state index in [4.69, 9.17) is 9.73 Å². The normalized spacial score (nSPS) is 39.8. The van der Waals surface area contributed by atoms with E-state index in [0.29, 0.717) is 18.3 Å². The third-order valence-electron chi connectivity index (χ3n) is 5.59. The summed E-state index contributed by atoms with van der Waals surface area (Å²) >= 11 is 0. The van der Waals surface area contributed by atoms with E-state index < -0.39 is 6.17 Å². The van der Waals surface area contributed by atoms with Gasteiger partial charge in [-0.3, -0.25) is 10.3 Å². The van der Waals surface area contributed by atoms with Crippen LogP contribution >= 0.6 is 0 Å². The van der Waals surface area contributed by atoms with E-state index >= 15 is 0 Å². The Bertz CT molecular complexity index is 448. The quantitative estimate of drug-likeness (QED) is 0.782. The smallest absolute Gasteiger partial charge is 0.107 e. The first-order valence-corrected chi connectivity index (χ1v) is 9.00. The fraction of sp³-hybridized carbons (Fsp3) is 0.833. The van der Waals surface area contributed by atoms with E-state index in [2.05, 4.69) is 12.2 Å². The summed E-state index contributed by atoms with van der Waals surface area (Å²) in [7, 11) is 0. The van der Waals surface area contributed by atoms with Gasteiger partial charge in [-0.15, -0.1) is 0 Å². The molecule has 3 rings (SSSR count). The van der Waals surface area contributed by atoms with Crippen molar-refractivity contribution in [3.8, 4) is 0 Å². The third kappa shape index (κ3) is 4.38. The van der Waals surface area contributed by atoms with Crippen LogP contribution in [0.15, 0.2) is 16.9 Å². The number of hydrogen-bond acceptors (Lipinski definition) is 3. The van der Waals surface area contributed by atoms with Gasteiger partial charge in [-0.05, 0) is 49.5 Å². The highest BCUT2D eigenvalue weighted by molar-refractivity contribution is 5.62. The van der Waals surface area contributed by atoms with Crippen LogP contribution < -0.4 is 5.32 Å². The Morgan fingerprint density at radius 1 is 1.43 bits per heavy atom. The predicted octanol–water partition coefficient (Wildman–Crippen LogP) is 3.66. The van der Waals surface area contributed by atoms with Gasteiger partial charge in [0.15, 0.2) is 0 Å². The Morgan fingerprint density at radius 3 is 3.00 bits per heavy atom. The zero-order valence-electron chi connectivity index (χ0n) is 13.9. The molecule has 6 atom stereocenters. The molecule has 0 saturated carbocycles. The van der Waals surface area contributed by atoms with Crippen molar-refractivity contribution in [2.24, 2.45) is 28.7 Å². The number of aliphatic imine (C=N–C) groups is 1. The van der Waals surface area contributed by atoms with Gasteiger partial charge in [-0.25, -0.2) is 8.78 Å². The van der Waals surface area contributed by atoms with Gasteiger partial charge in [0.2, 0.25) is 0 Å². The Hall–Kier alpha value is -0.810. The first-order chi connectivity index (χ1) is 11.2. The van der Waals surface area contributed by atoms with Gasteiger partial charge < -0.3 is 4.74 Å². The van der Waals surface area contributed by atoms with Crippen LogP contribution in [0.4, 0.5) is 8.78 Å². The van der Waals surface area contributed by atoms with Gasteiger partial charge in [-0.1, -0.05) is 6.92 Å². The number of halogens is 2. The van der Waals surface area contributed by atoms with Crippen LogP contribution in [0, 0.1) is 23.7 Å². The molecule has 0 amide bonds. The molecule has 3 aliphatic rings. The molecule has 0 aromatic heterocycles. The zero-order valence-corrected chi connectivity index (χ0v) is 13.9. The molecule has 0 spiro atoms. The second kappa shape index (κ2) is 7.84. The van der Waals surface area contributed by atoms with Crippen molar-refractivity contribution in [2.75, 3.05) is 19.8 Å². The molecule has 0 aromatic carbocycles. The van der Waals surface area contributed by atoms with Crippen LogP contribution in [0.3, 0.4) is 0 Å². The van der Waals surface area contributed by atoms with E-state index in [0.717, 1.165) is 39.0 Å². The van der Waals surface area contributed by atoms with Gasteiger partial charge in [0, 0.05) is 38.3 Å². The molecule has 1 aliphatic carbocycles. The summed E-state index contributed by atoms with van der Waals surface area (Å²) in [6.45, 7) is 4.82. The number of nitrogens with one attached hydrogen (secondary N) is 1. The Kier molecular flexibility index (Phi) is 5.81. The lowest BCUT2D eigenvalue weighted by Gasteiger charge is -2.26. The Morgan fingerprint density at radius 2 is 2.30 bits per heavy atom. The molecule has 2 fully saturated rings. The molecular weight excluding hydrogens is 298 g/mol. The van der Waals surface area contributed by atoms with Gasteiger partial charge in [-0.2, -0.15) is 0 Å². The topological polar surface area (TPSA) is 33.6 Å². The van der Waals surface area contributed by atoms with Gasteiger partial charge in [0.1, 0.15) is 6.17 Å². The average Bonchev–Trinajstić information content (AvgIpc) is 3.18. The van der Waals surface area contributed by atoms with Crippen molar-refractivity contribution in [3.05, 3.63) is 11.9 Å². The van der Waals surface area contributed by atoms with Crippen molar-refractivity contribution in [3.63, 3.8) is 0 Å². The van der Waals surface area contributed by atoms with E-state index in [1.807, 2.05) is 6.21 Å². The Balaban J connectivity index is 1.54. The van der Waals surface area contributed by atoms with Crippen LogP contribution in [-0.4, -0.2) is 38.3 Å². The SMILES string of the molecule is CCC(C=NC1CC(C2CCOC2)CN1)C1C=C(F)CC(F)C1. The molecule has 3 nitrogen and oxygen atoms in total. The molecule has 130 valence electrons. The second-order valence-electron chi connectivity index (χ2n) is 7.23. The number of ether oxygens (including phenoxy) is 1. The van der Waals surface area contributed by atoms with Crippen LogP contribution in [0.1, 0.15) is 39.0 Å². The molecule has 5 heteroatoms. The fourth-order valence-electron chi connectivity index (χ4n) is 4.13. The number of alkyl halides is 1. The number of allylic oxidation sites excluding steroid dienone is 2. The van der Waals surface area contributed by atoms with Gasteiger partial charge in [0.25, 0.3) is 0 Å². The monoisotopic (exact) mass is 326 g/mol. The zero-order chi connectivity index (χ0) is 16.2. The molecule has 2 heterocycles. The molecule has 0 radical (unpaired) electrons. The average molecular weight is 326 g/mol. The van der Waals surface area contributed by atoms with E-state index in [9.17, 15) is 8.78 Å². The van der Waals surface area contributed by atoms with Crippen molar-refractivity contribution >= 4 is 6.21 Å². The summed E-state index contributed by atoms with van der Waals surface area (Å²) < 4.78 is 32.6. The van der Waals surface area contributed by atoms with E-state index in [1.54, 1.807) is 6.08 Å². The Labute approximate surface area is 137 Å². The number of rotatable bonds is 5.